The largest absolute Gasteiger partial charge is 0.444 e. The highest BCUT2D eigenvalue weighted by Gasteiger charge is 2.42. The number of anilines is 2. The second-order valence-electron chi connectivity index (χ2n) is 10.4. The zero-order valence-corrected chi connectivity index (χ0v) is 23.1. The number of hydrogen-bond acceptors (Lipinski definition) is 9. The Bertz CT molecular complexity index is 1520. The molecule has 2 amide bonds. The number of nitrogens with zero attached hydrogens (tertiary/aromatic N) is 5. The van der Waals surface area contributed by atoms with Crippen LogP contribution in [0.25, 0.3) is 21.5 Å². The Kier molecular flexibility index (Phi) is 7.68. The molecule has 5 rings (SSSR count). The first kappa shape index (κ1) is 27.5. The first-order valence-electron chi connectivity index (χ1n) is 12.8. The van der Waals surface area contributed by atoms with Crippen molar-refractivity contribution in [2.75, 3.05) is 18.4 Å². The average Bonchev–Trinajstić information content (AvgIpc) is 3.62. The lowest BCUT2D eigenvalue weighted by molar-refractivity contribution is -0.128. The zero-order valence-electron chi connectivity index (χ0n) is 22.3. The molecule has 2 atom stereocenters. The van der Waals surface area contributed by atoms with Crippen LogP contribution in [0.4, 0.5) is 20.1 Å². The van der Waals surface area contributed by atoms with E-state index in [1.165, 1.54) is 28.4 Å². The van der Waals surface area contributed by atoms with Crippen molar-refractivity contribution in [3.8, 4) is 10.4 Å². The summed E-state index contributed by atoms with van der Waals surface area (Å²) < 4.78 is 20.5. The Labute approximate surface area is 234 Å². The number of imidazole rings is 1. The van der Waals surface area contributed by atoms with Crippen LogP contribution in [0.2, 0.25) is 0 Å². The normalized spacial score (nSPS) is 17.3. The summed E-state index contributed by atoms with van der Waals surface area (Å²) in [7, 11) is 0. The number of rotatable bonds is 7. The van der Waals surface area contributed by atoms with Gasteiger partial charge >= 0.3 is 6.09 Å². The molecular weight excluding hydrogens is 537 g/mol. The van der Waals surface area contributed by atoms with Crippen LogP contribution in [-0.2, 0) is 16.1 Å². The summed E-state index contributed by atoms with van der Waals surface area (Å²) in [5.41, 5.74) is 1.65. The standard InChI is InChI=1S/C27H30FN7O4S/c1-27(2,3)39-26(38)35-10-8-20(36)23(35)24(37)29-9-11-34-15-32-18-13-30-22(12-19(18)34)33-25-31-14-21(40-25)16-4-6-17(28)7-5-16/h4-7,12-15,20,23,36H,8-11H2,1-3H3,(H,29,37)(H,30,31,33)/t20-,23-/m0/s1. The molecule has 13 heteroatoms. The van der Waals surface area contributed by atoms with Gasteiger partial charge in [-0.25, -0.2) is 24.1 Å². The van der Waals surface area contributed by atoms with Crippen LogP contribution in [0.1, 0.15) is 27.2 Å². The lowest BCUT2D eigenvalue weighted by atomic mass is 10.1. The highest BCUT2D eigenvalue weighted by atomic mass is 32.1. The van der Waals surface area contributed by atoms with Gasteiger partial charge in [0.1, 0.15) is 28.8 Å². The van der Waals surface area contributed by atoms with Gasteiger partial charge < -0.3 is 25.0 Å². The van der Waals surface area contributed by atoms with Crippen molar-refractivity contribution in [1.82, 2.24) is 29.7 Å². The molecule has 0 unspecified atom stereocenters. The smallest absolute Gasteiger partial charge is 0.411 e. The molecule has 0 spiro atoms. The van der Waals surface area contributed by atoms with E-state index in [1.807, 2.05) is 10.6 Å². The third kappa shape index (κ3) is 6.20. The molecule has 1 fully saturated rings. The number of aromatic nitrogens is 4. The number of carbonyl (C=O) groups is 2. The van der Waals surface area contributed by atoms with Crippen LogP contribution in [0.3, 0.4) is 0 Å². The summed E-state index contributed by atoms with van der Waals surface area (Å²) in [6.07, 6.45) is 3.75. The predicted molar refractivity (Wildman–Crippen MR) is 149 cm³/mol. The summed E-state index contributed by atoms with van der Waals surface area (Å²) in [4.78, 5) is 40.8. The minimum absolute atomic E-state index is 0.244. The van der Waals surface area contributed by atoms with Gasteiger partial charge in [0.25, 0.3) is 0 Å². The van der Waals surface area contributed by atoms with Crippen molar-refractivity contribution >= 4 is 45.3 Å². The minimum Gasteiger partial charge on any atom is -0.444 e. The van der Waals surface area contributed by atoms with Gasteiger partial charge in [-0.05, 0) is 44.9 Å². The van der Waals surface area contributed by atoms with Gasteiger partial charge in [-0.1, -0.05) is 23.5 Å². The molecule has 3 N–H and O–H groups in total. The molecule has 210 valence electrons. The molecule has 0 radical (unpaired) electrons. The summed E-state index contributed by atoms with van der Waals surface area (Å²) in [5, 5.41) is 17.0. The van der Waals surface area contributed by atoms with E-state index in [9.17, 15) is 19.1 Å². The van der Waals surface area contributed by atoms with E-state index in [1.54, 1.807) is 51.6 Å². The van der Waals surface area contributed by atoms with E-state index in [-0.39, 0.29) is 18.9 Å². The van der Waals surface area contributed by atoms with Gasteiger partial charge in [0.2, 0.25) is 5.91 Å². The van der Waals surface area contributed by atoms with E-state index < -0.39 is 29.7 Å². The number of likely N-dealkylation sites (tertiary alicyclic amines) is 1. The van der Waals surface area contributed by atoms with E-state index in [4.69, 9.17) is 4.74 Å². The van der Waals surface area contributed by atoms with Crippen molar-refractivity contribution in [1.29, 1.82) is 0 Å². The molecule has 3 aromatic heterocycles. The summed E-state index contributed by atoms with van der Waals surface area (Å²) in [5.74, 6) is -0.162. The Morgan fingerprint density at radius 2 is 1.95 bits per heavy atom. The third-order valence-electron chi connectivity index (χ3n) is 6.29. The van der Waals surface area contributed by atoms with Crippen molar-refractivity contribution in [3.05, 3.63) is 54.9 Å². The van der Waals surface area contributed by atoms with Crippen LogP contribution >= 0.6 is 11.3 Å². The molecule has 0 saturated carbocycles. The second kappa shape index (κ2) is 11.2. The van der Waals surface area contributed by atoms with E-state index in [2.05, 4.69) is 25.6 Å². The van der Waals surface area contributed by atoms with Gasteiger partial charge in [0.05, 0.1) is 29.0 Å². The Hall–Kier alpha value is -4.10. The molecule has 1 aromatic carbocycles. The monoisotopic (exact) mass is 567 g/mol. The van der Waals surface area contributed by atoms with E-state index >= 15 is 0 Å². The molecule has 40 heavy (non-hydrogen) atoms. The molecule has 11 nitrogen and oxygen atoms in total. The highest BCUT2D eigenvalue weighted by Crippen LogP contribution is 2.31. The van der Waals surface area contributed by atoms with Crippen LogP contribution in [-0.4, -0.2) is 72.4 Å². The predicted octanol–water partition coefficient (Wildman–Crippen LogP) is 3.92. The number of pyridine rings is 1. The molecule has 4 aromatic rings. The van der Waals surface area contributed by atoms with Crippen LogP contribution in [0, 0.1) is 5.82 Å². The Morgan fingerprint density at radius 1 is 1.18 bits per heavy atom. The SMILES string of the molecule is CC(C)(C)OC(=O)N1CC[C@H](O)[C@H]1C(=O)NCCn1cnc2cnc(Nc3ncc(-c4ccc(F)cc4)s3)cc21. The quantitative estimate of drug-likeness (QED) is 0.306. The number of ether oxygens (including phenoxy) is 1. The molecular formula is C27H30FN7O4S. The van der Waals surface area contributed by atoms with Crippen molar-refractivity contribution in [3.63, 3.8) is 0 Å². The van der Waals surface area contributed by atoms with Crippen molar-refractivity contribution in [2.45, 2.75) is 51.5 Å². The number of hydrogen-bond donors (Lipinski definition) is 3. The number of nitrogens with one attached hydrogen (secondary N) is 2. The van der Waals surface area contributed by atoms with Crippen LogP contribution < -0.4 is 10.6 Å². The van der Waals surface area contributed by atoms with E-state index in [0.717, 1.165) is 16.0 Å². The van der Waals surface area contributed by atoms with Gasteiger partial charge in [-0.2, -0.15) is 0 Å². The number of benzene rings is 1. The Morgan fingerprint density at radius 3 is 2.70 bits per heavy atom. The first-order chi connectivity index (χ1) is 19.1. The molecule has 0 bridgehead atoms. The number of halogens is 1. The molecule has 1 saturated heterocycles. The zero-order chi connectivity index (χ0) is 28.4. The number of fused-ring (bicyclic) bond motifs is 1. The number of aliphatic hydroxyl groups is 1. The summed E-state index contributed by atoms with van der Waals surface area (Å²) >= 11 is 1.42. The lowest BCUT2D eigenvalue weighted by Crippen LogP contribution is -2.51. The van der Waals surface area contributed by atoms with Gasteiger partial charge in [-0.15, -0.1) is 0 Å². The van der Waals surface area contributed by atoms with Crippen LogP contribution in [0.5, 0.6) is 0 Å². The summed E-state index contributed by atoms with van der Waals surface area (Å²) in [6, 6.07) is 7.07. The molecule has 0 aliphatic carbocycles. The Balaban J connectivity index is 1.21. The molecule has 1 aliphatic rings. The summed E-state index contributed by atoms with van der Waals surface area (Å²) in [6.45, 7) is 6.16. The van der Waals surface area contributed by atoms with Crippen LogP contribution in [0.15, 0.2) is 49.1 Å². The van der Waals surface area contributed by atoms with Gasteiger partial charge in [-0.3, -0.25) is 9.69 Å². The van der Waals surface area contributed by atoms with Crippen molar-refractivity contribution < 1.29 is 23.8 Å². The molecule has 4 heterocycles. The number of carbonyl (C=O) groups excluding carboxylic acids is 2. The van der Waals surface area contributed by atoms with E-state index in [0.29, 0.717) is 29.4 Å². The fraction of sp³-hybridized carbons (Fsp3) is 0.370. The minimum atomic E-state index is -1.01. The number of thiazole rings is 1. The van der Waals surface area contributed by atoms with Crippen molar-refractivity contribution in [2.24, 2.45) is 0 Å². The fourth-order valence-corrected chi connectivity index (χ4v) is 5.25. The highest BCUT2D eigenvalue weighted by molar-refractivity contribution is 7.18. The fourth-order valence-electron chi connectivity index (χ4n) is 4.42. The molecule has 1 aliphatic heterocycles. The maximum atomic E-state index is 13.2. The maximum Gasteiger partial charge on any atom is 0.411 e. The topological polar surface area (TPSA) is 134 Å². The van der Waals surface area contributed by atoms with Gasteiger partial charge in [0, 0.05) is 31.9 Å². The number of amides is 2. The number of aliphatic hydroxyl groups excluding tert-OH is 1. The second-order valence-corrected chi connectivity index (χ2v) is 11.5. The third-order valence-corrected chi connectivity index (χ3v) is 7.25. The average molecular weight is 568 g/mol. The lowest BCUT2D eigenvalue weighted by Gasteiger charge is -2.28. The van der Waals surface area contributed by atoms with Gasteiger partial charge in [0.15, 0.2) is 5.13 Å². The maximum absolute atomic E-state index is 13.2. The first-order valence-corrected chi connectivity index (χ1v) is 13.6.